The molecule has 124 valence electrons. The fraction of sp³-hybridized carbons (Fsp3) is 0.357. The van der Waals surface area contributed by atoms with E-state index in [0.717, 1.165) is 5.69 Å². The normalized spacial score (nSPS) is 11.3. The summed E-state index contributed by atoms with van der Waals surface area (Å²) in [4.78, 5) is 11.3. The molecule has 0 aliphatic carbocycles. The van der Waals surface area contributed by atoms with Gasteiger partial charge in [0.15, 0.2) is 0 Å². The number of alkyl halides is 3. The maximum atomic E-state index is 12.0. The van der Waals surface area contributed by atoms with Crippen LogP contribution in [0.3, 0.4) is 0 Å². The third-order valence-corrected chi connectivity index (χ3v) is 2.98. The van der Waals surface area contributed by atoms with Gasteiger partial charge in [-0.05, 0) is 24.3 Å². The summed E-state index contributed by atoms with van der Waals surface area (Å²) in [5.41, 5.74) is 1.19. The number of carbonyl (C=O) groups is 1. The lowest BCUT2D eigenvalue weighted by Crippen LogP contribution is -2.24. The summed E-state index contributed by atoms with van der Waals surface area (Å²) in [6.45, 7) is 0.0207. The van der Waals surface area contributed by atoms with Crippen LogP contribution in [-0.4, -0.2) is 34.2 Å². The highest BCUT2D eigenvalue weighted by atomic mass is 19.4. The third-order valence-electron chi connectivity index (χ3n) is 2.98. The predicted octanol–water partition coefficient (Wildman–Crippen LogP) is 2.23. The molecule has 1 aromatic heterocycles. The second-order valence-corrected chi connectivity index (χ2v) is 4.74. The van der Waals surface area contributed by atoms with Crippen LogP contribution >= 0.6 is 0 Å². The molecule has 1 N–H and O–H groups in total. The average Bonchev–Trinajstić information content (AvgIpc) is 2.99. The van der Waals surface area contributed by atoms with Gasteiger partial charge >= 0.3 is 6.18 Å². The van der Waals surface area contributed by atoms with E-state index in [1.54, 1.807) is 37.6 Å². The number of ether oxygens (including phenoxy) is 1. The van der Waals surface area contributed by atoms with E-state index in [0.29, 0.717) is 11.4 Å². The van der Waals surface area contributed by atoms with Crippen LogP contribution < -0.4 is 10.1 Å². The fourth-order valence-electron chi connectivity index (χ4n) is 1.77. The number of aromatic nitrogens is 3. The van der Waals surface area contributed by atoms with E-state index in [2.05, 4.69) is 15.6 Å². The Balaban J connectivity index is 1.88. The molecule has 0 radical (unpaired) electrons. The van der Waals surface area contributed by atoms with Crippen LogP contribution in [0.5, 0.6) is 5.75 Å². The van der Waals surface area contributed by atoms with Crippen molar-refractivity contribution in [2.45, 2.75) is 25.6 Å². The number of rotatable bonds is 6. The Labute approximate surface area is 130 Å². The van der Waals surface area contributed by atoms with Crippen molar-refractivity contribution >= 4 is 5.91 Å². The highest BCUT2D eigenvalue weighted by molar-refractivity contribution is 5.75. The van der Waals surface area contributed by atoms with Crippen molar-refractivity contribution in [3.05, 3.63) is 36.2 Å². The van der Waals surface area contributed by atoms with Crippen LogP contribution in [0.15, 0.2) is 30.5 Å². The minimum Gasteiger partial charge on any atom is -0.497 e. The first-order chi connectivity index (χ1) is 10.9. The van der Waals surface area contributed by atoms with Gasteiger partial charge in [0.25, 0.3) is 0 Å². The minimum atomic E-state index is -4.34. The SMILES string of the molecule is COc1ccc(-n2cc(CNC(=O)CCC(F)(F)F)nn2)cc1. The second-order valence-electron chi connectivity index (χ2n) is 4.74. The molecule has 0 saturated heterocycles. The number of carbonyl (C=O) groups excluding carboxylic acids is 1. The van der Waals surface area contributed by atoms with Crippen LogP contribution in [0, 0.1) is 0 Å². The van der Waals surface area contributed by atoms with Gasteiger partial charge in [0.05, 0.1) is 32.0 Å². The number of benzene rings is 1. The van der Waals surface area contributed by atoms with Gasteiger partial charge in [-0.3, -0.25) is 4.79 Å². The van der Waals surface area contributed by atoms with Crippen molar-refractivity contribution in [3.8, 4) is 11.4 Å². The number of methoxy groups -OCH3 is 1. The Kier molecular flexibility index (Phi) is 5.20. The Morgan fingerprint density at radius 2 is 2.00 bits per heavy atom. The molecule has 2 aromatic rings. The van der Waals surface area contributed by atoms with Gasteiger partial charge in [0.2, 0.25) is 5.91 Å². The molecule has 1 heterocycles. The summed E-state index contributed by atoms with van der Waals surface area (Å²) in [6.07, 6.45) is -4.49. The van der Waals surface area contributed by atoms with E-state index in [9.17, 15) is 18.0 Å². The molecule has 0 spiro atoms. The summed E-state index contributed by atoms with van der Waals surface area (Å²) in [5, 5.41) is 10.1. The zero-order valence-electron chi connectivity index (χ0n) is 12.3. The molecule has 2 rings (SSSR count). The molecule has 0 unspecified atom stereocenters. The van der Waals surface area contributed by atoms with Crippen LogP contribution in [0.1, 0.15) is 18.5 Å². The van der Waals surface area contributed by atoms with E-state index >= 15 is 0 Å². The molecule has 6 nitrogen and oxygen atoms in total. The molecule has 0 bridgehead atoms. The van der Waals surface area contributed by atoms with Crippen LogP contribution in [0.25, 0.3) is 5.69 Å². The summed E-state index contributed by atoms with van der Waals surface area (Å²) < 4.78 is 42.6. The lowest BCUT2D eigenvalue weighted by Gasteiger charge is -2.06. The Hall–Kier alpha value is -2.58. The van der Waals surface area contributed by atoms with Crippen molar-refractivity contribution in [2.24, 2.45) is 0 Å². The standard InChI is InChI=1S/C14H15F3N4O2/c1-23-12-4-2-11(3-5-12)21-9-10(19-20-21)8-18-13(22)6-7-14(15,16)17/h2-5,9H,6-8H2,1H3,(H,18,22). The molecule has 23 heavy (non-hydrogen) atoms. The van der Waals surface area contributed by atoms with E-state index < -0.39 is 24.9 Å². The molecule has 0 fully saturated rings. The highest BCUT2D eigenvalue weighted by Gasteiger charge is 2.27. The smallest absolute Gasteiger partial charge is 0.389 e. The predicted molar refractivity (Wildman–Crippen MR) is 75.0 cm³/mol. The van der Waals surface area contributed by atoms with Gasteiger partial charge in [-0.15, -0.1) is 5.10 Å². The monoisotopic (exact) mass is 328 g/mol. The lowest BCUT2D eigenvalue weighted by molar-refractivity contribution is -0.144. The first-order valence-electron chi connectivity index (χ1n) is 6.76. The van der Waals surface area contributed by atoms with Gasteiger partial charge in [-0.1, -0.05) is 5.21 Å². The molecule has 0 saturated carbocycles. The molecule has 0 aliphatic heterocycles. The maximum Gasteiger partial charge on any atom is 0.389 e. The molecule has 0 atom stereocenters. The third kappa shape index (κ3) is 5.28. The van der Waals surface area contributed by atoms with E-state index in [1.165, 1.54) is 4.68 Å². The molecule has 9 heteroatoms. The Morgan fingerprint density at radius 1 is 1.30 bits per heavy atom. The van der Waals surface area contributed by atoms with Crippen LogP contribution in [0.2, 0.25) is 0 Å². The van der Waals surface area contributed by atoms with Crippen molar-refractivity contribution < 1.29 is 22.7 Å². The number of nitrogens with zero attached hydrogens (tertiary/aromatic N) is 3. The van der Waals surface area contributed by atoms with Gasteiger partial charge in [0.1, 0.15) is 11.4 Å². The van der Waals surface area contributed by atoms with Crippen LogP contribution in [0.4, 0.5) is 13.2 Å². The molecule has 1 aromatic carbocycles. The Morgan fingerprint density at radius 3 is 2.61 bits per heavy atom. The van der Waals surface area contributed by atoms with Crippen molar-refractivity contribution in [2.75, 3.05) is 7.11 Å². The molecular formula is C14H15F3N4O2. The number of halogens is 3. The fourth-order valence-corrected chi connectivity index (χ4v) is 1.77. The van der Waals surface area contributed by atoms with E-state index in [-0.39, 0.29) is 6.54 Å². The highest BCUT2D eigenvalue weighted by Crippen LogP contribution is 2.21. The largest absolute Gasteiger partial charge is 0.497 e. The van der Waals surface area contributed by atoms with Gasteiger partial charge in [-0.25, -0.2) is 4.68 Å². The average molecular weight is 328 g/mol. The quantitative estimate of drug-likeness (QED) is 0.883. The van der Waals surface area contributed by atoms with Crippen molar-refractivity contribution in [1.29, 1.82) is 0 Å². The van der Waals surface area contributed by atoms with Crippen molar-refractivity contribution in [1.82, 2.24) is 20.3 Å². The summed E-state index contributed by atoms with van der Waals surface area (Å²) in [7, 11) is 1.56. The first-order valence-corrected chi connectivity index (χ1v) is 6.76. The molecule has 0 aliphatic rings. The molecule has 1 amide bonds. The van der Waals surface area contributed by atoms with E-state index in [1.807, 2.05) is 0 Å². The summed E-state index contributed by atoms with van der Waals surface area (Å²) in [5.74, 6) is 0.0207. The van der Waals surface area contributed by atoms with E-state index in [4.69, 9.17) is 4.74 Å². The maximum absolute atomic E-state index is 12.0. The van der Waals surface area contributed by atoms with Gasteiger partial charge < -0.3 is 10.1 Å². The number of nitrogens with one attached hydrogen (secondary N) is 1. The number of hydrogen-bond acceptors (Lipinski definition) is 4. The minimum absolute atomic E-state index is 0.0207. The zero-order chi connectivity index (χ0) is 16.9. The Bertz CT molecular complexity index is 653. The van der Waals surface area contributed by atoms with Gasteiger partial charge in [0, 0.05) is 6.42 Å². The first kappa shape index (κ1) is 16.8. The number of hydrogen-bond donors (Lipinski definition) is 1. The second kappa shape index (κ2) is 7.12. The molecular weight excluding hydrogens is 313 g/mol. The summed E-state index contributed by atoms with van der Waals surface area (Å²) in [6, 6.07) is 7.07. The zero-order valence-corrected chi connectivity index (χ0v) is 12.3. The lowest BCUT2D eigenvalue weighted by atomic mass is 10.3. The van der Waals surface area contributed by atoms with Crippen LogP contribution in [-0.2, 0) is 11.3 Å². The summed E-state index contributed by atoms with van der Waals surface area (Å²) >= 11 is 0. The van der Waals surface area contributed by atoms with Gasteiger partial charge in [-0.2, -0.15) is 13.2 Å². The number of amides is 1. The topological polar surface area (TPSA) is 69.0 Å². The van der Waals surface area contributed by atoms with Crippen molar-refractivity contribution in [3.63, 3.8) is 0 Å².